The molecule has 0 aliphatic carbocycles. The molecule has 0 unspecified atom stereocenters. The molecule has 0 saturated heterocycles. The SMILES string of the molecule is CCCCCCCCOc1ccc(-c2ccc(OC(O[SiH3])(O[SiH3])C(C)(C)C(C)(C)CC)c(F)c2F)cc1. The van der Waals surface area contributed by atoms with Gasteiger partial charge in [0.25, 0.3) is 0 Å². The fourth-order valence-corrected chi connectivity index (χ4v) is 6.30. The van der Waals surface area contributed by atoms with Crippen molar-refractivity contribution in [3.63, 3.8) is 0 Å². The summed E-state index contributed by atoms with van der Waals surface area (Å²) >= 11 is 0. The number of halogens is 2. The summed E-state index contributed by atoms with van der Waals surface area (Å²) in [5.41, 5.74) is -0.183. The van der Waals surface area contributed by atoms with Gasteiger partial charge < -0.3 is 18.3 Å². The molecule has 0 aliphatic heterocycles. The molecule has 208 valence electrons. The van der Waals surface area contributed by atoms with Crippen LogP contribution in [0, 0.1) is 22.5 Å². The van der Waals surface area contributed by atoms with Gasteiger partial charge in [0.15, 0.2) is 32.5 Å². The van der Waals surface area contributed by atoms with E-state index in [1.54, 1.807) is 24.3 Å². The van der Waals surface area contributed by atoms with Crippen molar-refractivity contribution in [2.45, 2.75) is 92.5 Å². The van der Waals surface area contributed by atoms with Crippen molar-refractivity contribution in [3.05, 3.63) is 48.0 Å². The number of hydrogen-bond donors (Lipinski definition) is 0. The van der Waals surface area contributed by atoms with Gasteiger partial charge in [0, 0.05) is 5.56 Å². The molecule has 0 fully saturated rings. The molecule has 0 aromatic heterocycles. The van der Waals surface area contributed by atoms with E-state index >= 15 is 8.78 Å². The molecule has 0 amide bonds. The predicted molar refractivity (Wildman–Crippen MR) is 154 cm³/mol. The van der Waals surface area contributed by atoms with Gasteiger partial charge in [-0.15, -0.1) is 0 Å². The highest BCUT2D eigenvalue weighted by Crippen LogP contribution is 2.51. The molecule has 8 heteroatoms. The van der Waals surface area contributed by atoms with Crippen LogP contribution < -0.4 is 9.47 Å². The summed E-state index contributed by atoms with van der Waals surface area (Å²) in [6, 6.07) is 10.0. The minimum absolute atomic E-state index is 0.157. The first kappa shape index (κ1) is 31.5. The molecule has 2 aromatic carbocycles. The van der Waals surface area contributed by atoms with Gasteiger partial charge in [-0.05, 0) is 41.7 Å². The first-order valence-electron chi connectivity index (χ1n) is 13.5. The van der Waals surface area contributed by atoms with E-state index in [1.165, 1.54) is 37.8 Å². The van der Waals surface area contributed by atoms with E-state index in [0.717, 1.165) is 25.0 Å². The summed E-state index contributed by atoms with van der Waals surface area (Å²) in [7, 11) is 0.603. The maximum atomic E-state index is 15.3. The number of rotatable bonds is 16. The number of hydrogen-bond acceptors (Lipinski definition) is 4. The topological polar surface area (TPSA) is 36.9 Å². The monoisotopic (exact) mass is 552 g/mol. The maximum absolute atomic E-state index is 15.3. The quantitative estimate of drug-likeness (QED) is 0.136. The zero-order chi connectivity index (χ0) is 27.7. The Morgan fingerprint density at radius 3 is 1.92 bits per heavy atom. The lowest BCUT2D eigenvalue weighted by Gasteiger charge is -2.52. The molecule has 0 spiro atoms. The Morgan fingerprint density at radius 2 is 1.35 bits per heavy atom. The molecule has 0 heterocycles. The first-order valence-corrected chi connectivity index (χ1v) is 15.1. The van der Waals surface area contributed by atoms with Crippen LogP contribution in [0.25, 0.3) is 11.1 Å². The zero-order valence-corrected chi connectivity index (χ0v) is 28.0. The first-order chi connectivity index (χ1) is 17.5. The highest BCUT2D eigenvalue weighted by atomic mass is 28.2. The van der Waals surface area contributed by atoms with E-state index in [1.807, 2.05) is 13.8 Å². The Morgan fingerprint density at radius 1 is 0.757 bits per heavy atom. The second-order valence-electron chi connectivity index (χ2n) is 10.8. The van der Waals surface area contributed by atoms with Crippen molar-refractivity contribution in [1.29, 1.82) is 0 Å². The van der Waals surface area contributed by atoms with Gasteiger partial charge in [-0.25, -0.2) is 4.39 Å². The number of benzene rings is 2. The van der Waals surface area contributed by atoms with Gasteiger partial charge in [0.1, 0.15) is 5.75 Å². The van der Waals surface area contributed by atoms with Crippen molar-refractivity contribution in [1.82, 2.24) is 0 Å². The average Bonchev–Trinajstić information content (AvgIpc) is 2.89. The van der Waals surface area contributed by atoms with Crippen LogP contribution in [-0.2, 0) is 8.85 Å². The van der Waals surface area contributed by atoms with Gasteiger partial charge in [0.05, 0.1) is 12.0 Å². The summed E-state index contributed by atoms with van der Waals surface area (Å²) in [6.07, 6.45) is 8.01. The lowest BCUT2D eigenvalue weighted by atomic mass is 9.64. The van der Waals surface area contributed by atoms with Crippen LogP contribution in [-0.4, -0.2) is 33.6 Å². The second-order valence-corrected chi connectivity index (χ2v) is 11.6. The van der Waals surface area contributed by atoms with Crippen molar-refractivity contribution in [2.75, 3.05) is 6.61 Å². The third kappa shape index (κ3) is 7.22. The van der Waals surface area contributed by atoms with E-state index in [0.29, 0.717) is 33.1 Å². The minimum Gasteiger partial charge on any atom is -0.494 e. The van der Waals surface area contributed by atoms with Crippen LogP contribution in [0.4, 0.5) is 8.78 Å². The van der Waals surface area contributed by atoms with Crippen LogP contribution in [0.3, 0.4) is 0 Å². The van der Waals surface area contributed by atoms with E-state index in [4.69, 9.17) is 18.3 Å². The van der Waals surface area contributed by atoms with Gasteiger partial charge in [-0.1, -0.05) is 92.2 Å². The van der Waals surface area contributed by atoms with Gasteiger partial charge in [0.2, 0.25) is 5.82 Å². The molecule has 0 bridgehead atoms. The summed E-state index contributed by atoms with van der Waals surface area (Å²) < 4.78 is 54.1. The molecule has 0 saturated carbocycles. The normalized spacial score (nSPS) is 14.1. The second kappa shape index (κ2) is 13.9. The van der Waals surface area contributed by atoms with Crippen molar-refractivity contribution in [2.24, 2.45) is 10.8 Å². The Bertz CT molecular complexity index is 977. The van der Waals surface area contributed by atoms with E-state index in [-0.39, 0.29) is 16.7 Å². The summed E-state index contributed by atoms with van der Waals surface area (Å²) in [5, 5.41) is 0. The van der Waals surface area contributed by atoms with Crippen LogP contribution >= 0.6 is 0 Å². The summed E-state index contributed by atoms with van der Waals surface area (Å²) in [5.74, 6) is -3.05. The van der Waals surface area contributed by atoms with Crippen molar-refractivity contribution >= 4 is 21.0 Å². The molecule has 2 aromatic rings. The van der Waals surface area contributed by atoms with Gasteiger partial charge in [-0.2, -0.15) is 4.39 Å². The predicted octanol–water partition coefficient (Wildman–Crippen LogP) is 6.46. The molecule has 0 aliphatic rings. The van der Waals surface area contributed by atoms with Crippen LogP contribution in [0.15, 0.2) is 36.4 Å². The molecule has 37 heavy (non-hydrogen) atoms. The largest absolute Gasteiger partial charge is 0.494 e. The fraction of sp³-hybridized carbons (Fsp3) is 0.586. The zero-order valence-electron chi connectivity index (χ0n) is 24.0. The molecular weight excluding hydrogens is 506 g/mol. The molecule has 0 radical (unpaired) electrons. The molecule has 0 atom stereocenters. The molecule has 0 N–H and O–H groups in total. The summed E-state index contributed by atoms with van der Waals surface area (Å²) in [6.45, 7) is 13.1. The van der Waals surface area contributed by atoms with Crippen LogP contribution in [0.1, 0.15) is 86.5 Å². The third-order valence-corrected chi connectivity index (χ3v) is 9.18. The lowest BCUT2D eigenvalue weighted by Crippen LogP contribution is -2.59. The minimum atomic E-state index is -1.51. The Hall–Kier alpha value is -1.75. The highest BCUT2D eigenvalue weighted by molar-refractivity contribution is 6.00. The molecular formula is C29H46F2O4Si2. The standard InChI is InChI=1S/C29H46F2O4Si2/c1-7-9-10-11-12-13-20-32-22-16-14-21(15-17-22)23-18-19-24(26(31)25(23)30)33-29(34-36,35-37)28(5,6)27(3,4)8-2/h14-19H,7-13,20H2,1-6,36-37H3. The van der Waals surface area contributed by atoms with Gasteiger partial charge >= 0.3 is 5.97 Å². The van der Waals surface area contributed by atoms with Crippen LogP contribution in [0.5, 0.6) is 11.5 Å². The summed E-state index contributed by atoms with van der Waals surface area (Å²) in [4.78, 5) is 0. The lowest BCUT2D eigenvalue weighted by molar-refractivity contribution is -0.336. The third-order valence-electron chi connectivity index (χ3n) is 8.10. The van der Waals surface area contributed by atoms with Crippen molar-refractivity contribution in [3.8, 4) is 22.6 Å². The number of unbranched alkanes of at least 4 members (excludes halogenated alkanes) is 5. The van der Waals surface area contributed by atoms with Crippen molar-refractivity contribution < 1.29 is 27.1 Å². The molecule has 2 rings (SSSR count). The smallest absolute Gasteiger partial charge is 0.312 e. The van der Waals surface area contributed by atoms with E-state index < -0.39 is 23.0 Å². The number of ether oxygens (including phenoxy) is 2. The van der Waals surface area contributed by atoms with E-state index in [9.17, 15) is 0 Å². The Labute approximate surface area is 228 Å². The fourth-order valence-electron chi connectivity index (χ4n) is 4.44. The Balaban J connectivity index is 2.17. The van der Waals surface area contributed by atoms with Crippen LogP contribution in [0.2, 0.25) is 0 Å². The highest BCUT2D eigenvalue weighted by Gasteiger charge is 2.56. The Kier molecular flexibility index (Phi) is 11.8. The average molecular weight is 553 g/mol. The van der Waals surface area contributed by atoms with E-state index in [2.05, 4.69) is 27.7 Å². The van der Waals surface area contributed by atoms with Gasteiger partial charge in [-0.3, -0.25) is 0 Å². The maximum Gasteiger partial charge on any atom is 0.312 e. The molecule has 4 nitrogen and oxygen atoms in total.